The van der Waals surface area contributed by atoms with Crippen molar-refractivity contribution in [1.29, 1.82) is 0 Å². The molecule has 6 atom stereocenters. The number of carbonyl (C=O) groups is 3. The molecule has 13 heteroatoms. The third-order valence-electron chi connectivity index (χ3n) is 7.04. The highest BCUT2D eigenvalue weighted by molar-refractivity contribution is 8.03. The van der Waals surface area contributed by atoms with E-state index in [1.807, 2.05) is 6.92 Å². The van der Waals surface area contributed by atoms with Crippen LogP contribution in [0.5, 0.6) is 0 Å². The van der Waals surface area contributed by atoms with Crippen molar-refractivity contribution in [2.75, 3.05) is 13.6 Å². The minimum Gasteiger partial charge on any atom is -0.477 e. The van der Waals surface area contributed by atoms with Gasteiger partial charge in [0.25, 0.3) is 0 Å². The molecule has 11 nitrogen and oxygen atoms in total. The van der Waals surface area contributed by atoms with Crippen LogP contribution in [0.2, 0.25) is 0 Å². The second-order valence-electron chi connectivity index (χ2n) is 9.59. The van der Waals surface area contributed by atoms with Gasteiger partial charge in [0.05, 0.1) is 29.0 Å². The van der Waals surface area contributed by atoms with Crippen LogP contribution >= 0.6 is 11.8 Å². The molecule has 0 spiro atoms. The number of amides is 2. The number of hydrogen-bond acceptors (Lipinski definition) is 8. The van der Waals surface area contributed by atoms with E-state index in [0.29, 0.717) is 17.9 Å². The smallest absolute Gasteiger partial charge is 0.353 e. The second kappa shape index (κ2) is 9.78. The van der Waals surface area contributed by atoms with Gasteiger partial charge in [0.2, 0.25) is 21.8 Å². The molecule has 6 unspecified atom stereocenters. The van der Waals surface area contributed by atoms with Gasteiger partial charge in [-0.05, 0) is 31.0 Å². The minimum absolute atomic E-state index is 0.0000354. The van der Waals surface area contributed by atoms with Crippen LogP contribution in [0.1, 0.15) is 25.8 Å². The fourth-order valence-corrected chi connectivity index (χ4v) is 7.24. The van der Waals surface area contributed by atoms with Crippen molar-refractivity contribution in [2.45, 2.75) is 55.1 Å². The number of aliphatic carboxylic acids is 1. The molecular formula is C23H30N4O7S2. The Labute approximate surface area is 213 Å². The Bertz CT molecular complexity index is 1220. The number of hydrogen-bond donors (Lipinski definition) is 4. The lowest BCUT2D eigenvalue weighted by Gasteiger charge is -2.46. The number of carboxylic acid groups (broad SMARTS) is 1. The minimum atomic E-state index is -3.79. The molecule has 1 aromatic carbocycles. The average Bonchev–Trinajstić information content (AvgIpc) is 3.34. The van der Waals surface area contributed by atoms with Gasteiger partial charge in [-0.2, -0.15) is 0 Å². The summed E-state index contributed by atoms with van der Waals surface area (Å²) in [5.74, 6) is -2.51. The number of nitrogens with two attached hydrogens (primary N) is 1. The van der Waals surface area contributed by atoms with E-state index in [1.165, 1.54) is 28.8 Å². The number of nitrogens with zero attached hydrogens (tertiary/aromatic N) is 2. The molecule has 3 heterocycles. The zero-order valence-electron chi connectivity index (χ0n) is 20.1. The standard InChI is InChI=1S/C23H30N4O7S2/c1-11-18-17(12(2)28)22(30)27(18)19(23(31)32)20(11)35-14-8-16(25-9-14)21(29)26(3)10-13-4-6-15(7-5-13)36(24,33)34/h4-7,11-12,14,16-18,25,28H,8-10H2,1-3H3,(H,31,32)(H2,24,33,34). The van der Waals surface area contributed by atoms with Crippen LogP contribution in [-0.2, 0) is 31.0 Å². The SMILES string of the molecule is CC(O)C1C(=O)N2C(C(=O)O)=C(SC3CNC(C(=O)N(C)Cc4ccc(S(N)(=O)=O)cc4)C3)C(C)C12. The molecule has 0 saturated carbocycles. The monoisotopic (exact) mass is 538 g/mol. The van der Waals surface area contributed by atoms with Crippen LogP contribution in [0, 0.1) is 11.8 Å². The lowest BCUT2D eigenvalue weighted by atomic mass is 9.79. The summed E-state index contributed by atoms with van der Waals surface area (Å²) in [6.45, 7) is 4.20. The molecule has 1 aromatic rings. The van der Waals surface area contributed by atoms with E-state index >= 15 is 0 Å². The van der Waals surface area contributed by atoms with Gasteiger partial charge in [-0.3, -0.25) is 9.59 Å². The van der Waals surface area contributed by atoms with E-state index in [1.54, 1.807) is 31.0 Å². The summed E-state index contributed by atoms with van der Waals surface area (Å²) in [5, 5.41) is 28.1. The van der Waals surface area contributed by atoms with Crippen LogP contribution < -0.4 is 10.5 Å². The predicted molar refractivity (Wildman–Crippen MR) is 132 cm³/mol. The van der Waals surface area contributed by atoms with E-state index in [-0.39, 0.29) is 46.2 Å². The first-order valence-corrected chi connectivity index (χ1v) is 14.0. The van der Waals surface area contributed by atoms with Crippen molar-refractivity contribution in [1.82, 2.24) is 15.1 Å². The van der Waals surface area contributed by atoms with E-state index in [0.717, 1.165) is 5.56 Å². The molecule has 2 saturated heterocycles. The van der Waals surface area contributed by atoms with Gasteiger partial charge in [0.15, 0.2) is 0 Å². The van der Waals surface area contributed by atoms with Crippen LogP contribution in [0.3, 0.4) is 0 Å². The fourth-order valence-electron chi connectivity index (χ4n) is 5.24. The normalized spacial score (nSPS) is 28.6. The molecular weight excluding hydrogens is 508 g/mol. The number of benzene rings is 1. The molecule has 4 rings (SSSR count). The zero-order chi connectivity index (χ0) is 26.5. The molecule has 36 heavy (non-hydrogen) atoms. The summed E-state index contributed by atoms with van der Waals surface area (Å²) in [6, 6.07) is 5.19. The Morgan fingerprint density at radius 1 is 1.31 bits per heavy atom. The zero-order valence-corrected chi connectivity index (χ0v) is 21.8. The first kappa shape index (κ1) is 26.6. The number of carbonyl (C=O) groups excluding carboxylic acids is 2. The molecule has 5 N–H and O–H groups in total. The van der Waals surface area contributed by atoms with E-state index in [2.05, 4.69) is 5.32 Å². The van der Waals surface area contributed by atoms with Crippen molar-refractivity contribution < 1.29 is 33.0 Å². The Balaban J connectivity index is 1.39. The van der Waals surface area contributed by atoms with Gasteiger partial charge in [-0.25, -0.2) is 18.4 Å². The summed E-state index contributed by atoms with van der Waals surface area (Å²) < 4.78 is 22.8. The molecule has 3 aliphatic rings. The number of aliphatic hydroxyl groups is 1. The van der Waals surface area contributed by atoms with Crippen molar-refractivity contribution in [3.63, 3.8) is 0 Å². The predicted octanol–water partition coefficient (Wildman–Crippen LogP) is -0.0902. The number of rotatable bonds is 8. The largest absolute Gasteiger partial charge is 0.477 e. The summed E-state index contributed by atoms with van der Waals surface area (Å²) in [5.41, 5.74) is 0.731. The fraction of sp³-hybridized carbons (Fsp3) is 0.522. The molecule has 0 bridgehead atoms. The maximum Gasteiger partial charge on any atom is 0.353 e. The number of thioether (sulfide) groups is 1. The number of primary sulfonamides is 1. The van der Waals surface area contributed by atoms with Crippen molar-refractivity contribution in [3.8, 4) is 0 Å². The van der Waals surface area contributed by atoms with Crippen molar-refractivity contribution >= 4 is 39.6 Å². The highest BCUT2D eigenvalue weighted by Crippen LogP contribution is 2.51. The maximum absolute atomic E-state index is 13.0. The van der Waals surface area contributed by atoms with Gasteiger partial charge < -0.3 is 25.3 Å². The highest BCUT2D eigenvalue weighted by Gasteiger charge is 2.60. The molecule has 196 valence electrons. The third kappa shape index (κ3) is 4.77. The number of β-lactam (4-membered cyclic amide) rings is 1. The van der Waals surface area contributed by atoms with Gasteiger partial charge in [0, 0.05) is 36.2 Å². The van der Waals surface area contributed by atoms with Gasteiger partial charge in [-0.1, -0.05) is 19.1 Å². The number of likely N-dealkylation sites (N-methyl/N-ethyl adjacent to an activating group) is 1. The summed E-state index contributed by atoms with van der Waals surface area (Å²) >= 11 is 1.38. The molecule has 0 radical (unpaired) electrons. The van der Waals surface area contributed by atoms with Gasteiger partial charge in [0.1, 0.15) is 5.70 Å². The van der Waals surface area contributed by atoms with Gasteiger partial charge in [-0.15, -0.1) is 11.8 Å². The number of carboxylic acids is 1. The number of aliphatic hydroxyl groups excluding tert-OH is 1. The quantitative estimate of drug-likeness (QED) is 0.330. The first-order valence-electron chi connectivity index (χ1n) is 11.6. The number of fused-ring (bicyclic) bond motifs is 1. The summed E-state index contributed by atoms with van der Waals surface area (Å²) in [7, 11) is -2.13. The molecule has 0 aliphatic carbocycles. The number of sulfonamides is 1. The Hall–Kier alpha value is -2.45. The molecule has 2 fully saturated rings. The topological polar surface area (TPSA) is 170 Å². The highest BCUT2D eigenvalue weighted by atomic mass is 32.2. The lowest BCUT2D eigenvalue weighted by molar-refractivity contribution is -0.163. The second-order valence-corrected chi connectivity index (χ2v) is 12.5. The van der Waals surface area contributed by atoms with Crippen LogP contribution in [0.4, 0.5) is 0 Å². The average molecular weight is 539 g/mol. The van der Waals surface area contributed by atoms with E-state index < -0.39 is 34.1 Å². The van der Waals surface area contributed by atoms with Crippen LogP contribution in [0.25, 0.3) is 0 Å². The number of nitrogens with one attached hydrogen (secondary N) is 1. The summed E-state index contributed by atoms with van der Waals surface area (Å²) in [4.78, 5) is 41.0. The van der Waals surface area contributed by atoms with Crippen LogP contribution in [-0.4, -0.2) is 83.2 Å². The van der Waals surface area contributed by atoms with E-state index in [4.69, 9.17) is 5.14 Å². The van der Waals surface area contributed by atoms with E-state index in [9.17, 15) is 33.0 Å². The Morgan fingerprint density at radius 3 is 2.50 bits per heavy atom. The molecule has 2 amide bonds. The van der Waals surface area contributed by atoms with Gasteiger partial charge >= 0.3 is 5.97 Å². The molecule has 0 aromatic heterocycles. The Morgan fingerprint density at radius 2 is 1.94 bits per heavy atom. The van der Waals surface area contributed by atoms with Crippen LogP contribution in [0.15, 0.2) is 39.8 Å². The maximum atomic E-state index is 13.0. The van der Waals surface area contributed by atoms with Crippen molar-refractivity contribution in [3.05, 3.63) is 40.4 Å². The van der Waals surface area contributed by atoms with Crippen molar-refractivity contribution in [2.24, 2.45) is 17.0 Å². The lowest BCUT2D eigenvalue weighted by Crippen LogP contribution is -2.63. The Kier molecular flexibility index (Phi) is 7.23. The third-order valence-corrected chi connectivity index (χ3v) is 9.48. The summed E-state index contributed by atoms with van der Waals surface area (Å²) in [6.07, 6.45) is -0.373. The molecule has 3 aliphatic heterocycles. The first-order chi connectivity index (χ1) is 16.8.